The summed E-state index contributed by atoms with van der Waals surface area (Å²) in [6, 6.07) is 10.6. The van der Waals surface area contributed by atoms with Gasteiger partial charge in [0.05, 0.1) is 21.6 Å². The number of rotatable bonds is 4. The van der Waals surface area contributed by atoms with E-state index >= 15 is 0 Å². The summed E-state index contributed by atoms with van der Waals surface area (Å²) in [6.45, 7) is 0. The van der Waals surface area contributed by atoms with Gasteiger partial charge in [-0.05, 0) is 60.8 Å². The van der Waals surface area contributed by atoms with Crippen molar-refractivity contribution < 1.29 is 9.18 Å². The number of allylic oxidation sites excluding steroid dienone is 2. The lowest BCUT2D eigenvalue weighted by molar-refractivity contribution is -0.110. The van der Waals surface area contributed by atoms with Crippen molar-refractivity contribution in [1.82, 2.24) is 14.9 Å². The number of nitrogens with zero attached hydrogens (tertiary/aromatic N) is 2. The van der Waals surface area contributed by atoms with Gasteiger partial charge in [-0.15, -0.1) is 0 Å². The number of fused-ring (bicyclic) bond motifs is 1. The van der Waals surface area contributed by atoms with E-state index in [0.29, 0.717) is 16.2 Å². The second kappa shape index (κ2) is 7.48. The third-order valence-electron chi connectivity index (χ3n) is 4.57. The van der Waals surface area contributed by atoms with Crippen molar-refractivity contribution in [2.45, 2.75) is 5.54 Å². The van der Waals surface area contributed by atoms with Gasteiger partial charge < -0.3 is 5.32 Å². The molecular weight excluding hydrogens is 393 g/mol. The Morgan fingerprint density at radius 3 is 2.72 bits per heavy atom. The molecule has 0 aliphatic carbocycles. The molecule has 3 aromatic rings. The topological polar surface area (TPSA) is 64.0 Å². The molecular formula is C22H15ClFN3O2. The largest absolute Gasteiger partial charge is 0.373 e. The molecule has 1 aromatic heterocycles. The maximum atomic E-state index is 13.7. The van der Waals surface area contributed by atoms with E-state index in [0.717, 1.165) is 12.4 Å². The number of para-hydroxylation sites is 1. The zero-order chi connectivity index (χ0) is 20.4. The number of hydrogen-bond acceptors (Lipinski definition) is 4. The van der Waals surface area contributed by atoms with Crippen LogP contribution in [0.5, 0.6) is 0 Å². The third-order valence-corrected chi connectivity index (χ3v) is 4.89. The molecule has 1 N–H and O–H groups in total. The number of carbonyl (C=O) groups is 1. The van der Waals surface area contributed by atoms with Gasteiger partial charge in [-0.3, -0.25) is 14.2 Å². The molecule has 0 radical (unpaired) electrons. The van der Waals surface area contributed by atoms with Gasteiger partial charge in [0.2, 0.25) is 0 Å². The van der Waals surface area contributed by atoms with Crippen molar-refractivity contribution in [3.63, 3.8) is 0 Å². The van der Waals surface area contributed by atoms with Crippen LogP contribution in [0.1, 0.15) is 5.82 Å². The Bertz CT molecular complexity index is 1260. The number of aldehydes is 1. The summed E-state index contributed by atoms with van der Waals surface area (Å²) in [6.07, 6.45) is 10.8. The molecule has 29 heavy (non-hydrogen) atoms. The first-order valence-electron chi connectivity index (χ1n) is 8.78. The lowest BCUT2D eigenvalue weighted by Gasteiger charge is -2.23. The van der Waals surface area contributed by atoms with Crippen LogP contribution in [0, 0.1) is 5.82 Å². The van der Waals surface area contributed by atoms with Gasteiger partial charge in [0.25, 0.3) is 5.56 Å². The lowest BCUT2D eigenvalue weighted by Crippen LogP contribution is -2.41. The van der Waals surface area contributed by atoms with E-state index in [9.17, 15) is 14.0 Å². The number of aromatic nitrogens is 2. The van der Waals surface area contributed by atoms with E-state index in [1.807, 2.05) is 0 Å². The van der Waals surface area contributed by atoms with Crippen molar-refractivity contribution in [1.29, 1.82) is 0 Å². The molecule has 0 fully saturated rings. The van der Waals surface area contributed by atoms with Crippen LogP contribution in [-0.4, -0.2) is 21.4 Å². The zero-order valence-corrected chi connectivity index (χ0v) is 15.8. The van der Waals surface area contributed by atoms with Gasteiger partial charge in [0, 0.05) is 0 Å². The van der Waals surface area contributed by atoms with E-state index in [2.05, 4.69) is 10.3 Å². The number of nitrogens with one attached hydrogen (secondary N) is 1. The van der Waals surface area contributed by atoms with Crippen LogP contribution in [0.15, 0.2) is 77.8 Å². The minimum atomic E-state index is -1.06. The Hall–Kier alpha value is -3.51. The average molecular weight is 408 g/mol. The number of dihydropyridines is 1. The van der Waals surface area contributed by atoms with Crippen molar-refractivity contribution >= 4 is 34.9 Å². The zero-order valence-electron chi connectivity index (χ0n) is 15.0. The molecule has 2 heterocycles. The Balaban J connectivity index is 1.97. The first-order chi connectivity index (χ1) is 14.0. The smallest absolute Gasteiger partial charge is 0.266 e. The molecule has 1 unspecified atom stereocenters. The SMILES string of the molecule is O=CC1(C=Cc2nc3ccc(F)cc3c(=O)n2-c2ccccc2Cl)C=CC=CN1. The number of benzene rings is 2. The quantitative estimate of drug-likeness (QED) is 0.668. The molecule has 144 valence electrons. The van der Waals surface area contributed by atoms with Crippen LogP contribution in [0.4, 0.5) is 4.39 Å². The number of carbonyl (C=O) groups excluding carboxylic acids is 1. The van der Waals surface area contributed by atoms with Gasteiger partial charge in [-0.25, -0.2) is 9.37 Å². The van der Waals surface area contributed by atoms with Gasteiger partial charge in [-0.2, -0.15) is 0 Å². The molecule has 0 bridgehead atoms. The highest BCUT2D eigenvalue weighted by molar-refractivity contribution is 6.32. The van der Waals surface area contributed by atoms with Crippen molar-refractivity contribution in [2.75, 3.05) is 0 Å². The van der Waals surface area contributed by atoms with E-state index in [1.54, 1.807) is 60.8 Å². The normalized spacial score (nSPS) is 18.3. The fraction of sp³-hybridized carbons (Fsp3) is 0.0455. The van der Waals surface area contributed by atoms with Crippen LogP contribution >= 0.6 is 11.6 Å². The van der Waals surface area contributed by atoms with Crippen molar-refractivity contribution in [2.24, 2.45) is 0 Å². The summed E-state index contributed by atoms with van der Waals surface area (Å²) in [5, 5.41) is 3.44. The van der Waals surface area contributed by atoms with Crippen LogP contribution in [0.2, 0.25) is 5.02 Å². The minimum absolute atomic E-state index is 0.130. The fourth-order valence-corrected chi connectivity index (χ4v) is 3.31. The van der Waals surface area contributed by atoms with Crippen LogP contribution in [0.3, 0.4) is 0 Å². The van der Waals surface area contributed by atoms with Crippen molar-refractivity contribution in [3.8, 4) is 5.69 Å². The number of halogens is 2. The second-order valence-corrected chi connectivity index (χ2v) is 6.88. The summed E-state index contributed by atoms with van der Waals surface area (Å²) in [5.74, 6) is -0.276. The predicted octanol–water partition coefficient (Wildman–Crippen LogP) is 3.80. The highest BCUT2D eigenvalue weighted by atomic mass is 35.5. The molecule has 0 spiro atoms. The molecule has 0 amide bonds. The first-order valence-corrected chi connectivity index (χ1v) is 9.16. The van der Waals surface area contributed by atoms with Gasteiger partial charge >= 0.3 is 0 Å². The molecule has 7 heteroatoms. The maximum absolute atomic E-state index is 13.7. The summed E-state index contributed by atoms with van der Waals surface area (Å²) in [7, 11) is 0. The monoisotopic (exact) mass is 407 g/mol. The van der Waals surface area contributed by atoms with Crippen molar-refractivity contribution in [3.05, 3.63) is 100.0 Å². The summed E-state index contributed by atoms with van der Waals surface area (Å²) >= 11 is 6.31. The Morgan fingerprint density at radius 2 is 2.00 bits per heavy atom. The van der Waals surface area contributed by atoms with Gasteiger partial charge in [-0.1, -0.05) is 29.8 Å². The van der Waals surface area contributed by atoms with E-state index in [-0.39, 0.29) is 11.2 Å². The highest BCUT2D eigenvalue weighted by Gasteiger charge is 2.23. The Labute approximate surface area is 170 Å². The Kier molecular flexibility index (Phi) is 4.86. The third kappa shape index (κ3) is 3.50. The summed E-state index contributed by atoms with van der Waals surface area (Å²) in [4.78, 5) is 29.4. The fourth-order valence-electron chi connectivity index (χ4n) is 3.09. The average Bonchev–Trinajstić information content (AvgIpc) is 2.74. The molecule has 0 saturated heterocycles. The lowest BCUT2D eigenvalue weighted by atomic mass is 9.98. The van der Waals surface area contributed by atoms with E-state index < -0.39 is 16.9 Å². The number of hydrogen-bond donors (Lipinski definition) is 1. The van der Waals surface area contributed by atoms with E-state index in [4.69, 9.17) is 11.6 Å². The van der Waals surface area contributed by atoms with Crippen LogP contribution < -0.4 is 10.9 Å². The summed E-state index contributed by atoms with van der Waals surface area (Å²) in [5.41, 5.74) is -0.777. The van der Waals surface area contributed by atoms with Gasteiger partial charge in [0.1, 0.15) is 17.2 Å². The summed E-state index contributed by atoms with van der Waals surface area (Å²) < 4.78 is 15.0. The van der Waals surface area contributed by atoms with Crippen LogP contribution in [-0.2, 0) is 4.79 Å². The van der Waals surface area contributed by atoms with E-state index in [1.165, 1.54) is 16.7 Å². The minimum Gasteiger partial charge on any atom is -0.373 e. The van der Waals surface area contributed by atoms with Gasteiger partial charge in [0.15, 0.2) is 6.29 Å². The standard InChI is InChI=1S/C22H15ClFN3O2/c23-17-5-1-2-6-19(17)27-20(9-11-22(14-28)10-3-4-12-25-22)26-18-8-7-15(24)13-16(18)21(27)29/h1-14,25H. The first kappa shape index (κ1) is 18.8. The Morgan fingerprint density at radius 1 is 1.17 bits per heavy atom. The molecule has 1 aliphatic heterocycles. The predicted molar refractivity (Wildman–Crippen MR) is 112 cm³/mol. The molecule has 1 atom stereocenters. The molecule has 4 rings (SSSR count). The highest BCUT2D eigenvalue weighted by Crippen LogP contribution is 2.22. The molecule has 1 aliphatic rings. The molecule has 2 aromatic carbocycles. The van der Waals surface area contributed by atoms with Crippen LogP contribution in [0.25, 0.3) is 22.7 Å². The second-order valence-electron chi connectivity index (χ2n) is 6.47. The molecule has 5 nitrogen and oxygen atoms in total. The molecule has 0 saturated carbocycles. The maximum Gasteiger partial charge on any atom is 0.266 e.